The Morgan fingerprint density at radius 2 is 1.70 bits per heavy atom. The molecule has 0 fully saturated rings. The van der Waals surface area contributed by atoms with Crippen molar-refractivity contribution in [2.75, 3.05) is 46.0 Å². The Morgan fingerprint density at radius 3 is 2.35 bits per heavy atom. The maximum atomic E-state index is 6.06. The van der Waals surface area contributed by atoms with E-state index in [-0.39, 0.29) is 0 Å². The van der Waals surface area contributed by atoms with Gasteiger partial charge in [0, 0.05) is 30.0 Å². The first-order valence-corrected chi connectivity index (χ1v) is 8.07. The van der Waals surface area contributed by atoms with Gasteiger partial charge in [0.2, 0.25) is 0 Å². The van der Waals surface area contributed by atoms with Crippen LogP contribution in [0.4, 0.5) is 0 Å². The number of hydrogen-bond donors (Lipinski definition) is 0. The van der Waals surface area contributed by atoms with Crippen molar-refractivity contribution >= 4 is 27.5 Å². The molecular formula is C15H22BrClO3. The van der Waals surface area contributed by atoms with Crippen LogP contribution in [0.5, 0.6) is 0 Å². The first kappa shape index (κ1) is 17.9. The van der Waals surface area contributed by atoms with Crippen molar-refractivity contribution in [3.05, 3.63) is 34.3 Å². The molecule has 0 saturated carbocycles. The topological polar surface area (TPSA) is 27.7 Å². The quantitative estimate of drug-likeness (QED) is 0.440. The second kappa shape index (κ2) is 11.5. The number of rotatable bonds is 11. The summed E-state index contributed by atoms with van der Waals surface area (Å²) < 4.78 is 16.9. The van der Waals surface area contributed by atoms with E-state index in [1.165, 1.54) is 5.56 Å². The molecule has 1 atom stereocenters. The Labute approximate surface area is 134 Å². The van der Waals surface area contributed by atoms with Gasteiger partial charge in [-0.3, -0.25) is 0 Å². The fraction of sp³-hybridized carbons (Fsp3) is 0.600. The SMILES string of the molecule is COCCOCCOCCC(CCl)c1ccccc1Br. The zero-order chi connectivity index (χ0) is 14.6. The minimum Gasteiger partial charge on any atom is -0.382 e. The number of halogens is 2. The molecule has 3 nitrogen and oxygen atoms in total. The zero-order valence-corrected chi connectivity index (χ0v) is 14.2. The van der Waals surface area contributed by atoms with Gasteiger partial charge in [-0.2, -0.15) is 0 Å². The van der Waals surface area contributed by atoms with E-state index < -0.39 is 0 Å². The summed E-state index contributed by atoms with van der Waals surface area (Å²) in [7, 11) is 1.66. The summed E-state index contributed by atoms with van der Waals surface area (Å²) in [6.45, 7) is 3.13. The van der Waals surface area contributed by atoms with Crippen LogP contribution >= 0.6 is 27.5 Å². The lowest BCUT2D eigenvalue weighted by Crippen LogP contribution is -2.11. The lowest BCUT2D eigenvalue weighted by molar-refractivity contribution is 0.0235. The largest absolute Gasteiger partial charge is 0.382 e. The van der Waals surface area contributed by atoms with Crippen molar-refractivity contribution in [3.8, 4) is 0 Å². The van der Waals surface area contributed by atoms with Gasteiger partial charge in [-0.1, -0.05) is 34.1 Å². The predicted molar refractivity (Wildman–Crippen MR) is 85.7 cm³/mol. The third-order valence-corrected chi connectivity index (χ3v) is 4.04. The highest BCUT2D eigenvalue weighted by atomic mass is 79.9. The first-order chi connectivity index (χ1) is 9.79. The molecule has 5 heteroatoms. The third kappa shape index (κ3) is 7.04. The average Bonchev–Trinajstić information content (AvgIpc) is 2.47. The number of ether oxygens (including phenoxy) is 3. The Morgan fingerprint density at radius 1 is 1.05 bits per heavy atom. The number of benzene rings is 1. The maximum absolute atomic E-state index is 6.06. The van der Waals surface area contributed by atoms with Crippen molar-refractivity contribution in [2.45, 2.75) is 12.3 Å². The van der Waals surface area contributed by atoms with Gasteiger partial charge in [0.1, 0.15) is 0 Å². The summed E-state index contributed by atoms with van der Waals surface area (Å²) in [4.78, 5) is 0. The Bertz CT molecular complexity index is 363. The van der Waals surface area contributed by atoms with Crippen LogP contribution < -0.4 is 0 Å². The van der Waals surface area contributed by atoms with E-state index >= 15 is 0 Å². The van der Waals surface area contributed by atoms with E-state index in [9.17, 15) is 0 Å². The van der Waals surface area contributed by atoms with Crippen LogP contribution in [-0.4, -0.2) is 46.0 Å². The van der Waals surface area contributed by atoms with E-state index in [0.29, 0.717) is 44.8 Å². The van der Waals surface area contributed by atoms with Gasteiger partial charge in [0.25, 0.3) is 0 Å². The molecule has 1 aromatic rings. The van der Waals surface area contributed by atoms with E-state index in [0.717, 1.165) is 10.9 Å². The highest BCUT2D eigenvalue weighted by molar-refractivity contribution is 9.10. The molecule has 0 bridgehead atoms. The van der Waals surface area contributed by atoms with E-state index in [2.05, 4.69) is 22.0 Å². The van der Waals surface area contributed by atoms with E-state index in [1.54, 1.807) is 7.11 Å². The van der Waals surface area contributed by atoms with Crippen LogP contribution in [0.15, 0.2) is 28.7 Å². The Balaban J connectivity index is 2.18. The van der Waals surface area contributed by atoms with E-state index in [4.69, 9.17) is 25.8 Å². The minimum atomic E-state index is 0.307. The Hall–Kier alpha value is -0.130. The molecule has 20 heavy (non-hydrogen) atoms. The van der Waals surface area contributed by atoms with Crippen molar-refractivity contribution in [1.29, 1.82) is 0 Å². The fourth-order valence-electron chi connectivity index (χ4n) is 1.81. The first-order valence-electron chi connectivity index (χ1n) is 6.74. The highest BCUT2D eigenvalue weighted by Gasteiger charge is 2.12. The van der Waals surface area contributed by atoms with Crippen molar-refractivity contribution in [1.82, 2.24) is 0 Å². The monoisotopic (exact) mass is 364 g/mol. The normalized spacial score (nSPS) is 12.6. The second-order valence-corrected chi connectivity index (χ2v) is 5.54. The fourth-order valence-corrected chi connectivity index (χ4v) is 2.74. The molecule has 0 aromatic heterocycles. The van der Waals surface area contributed by atoms with Crippen LogP contribution in [0.3, 0.4) is 0 Å². The van der Waals surface area contributed by atoms with Crippen molar-refractivity contribution in [2.24, 2.45) is 0 Å². The molecule has 1 unspecified atom stereocenters. The van der Waals surface area contributed by atoms with Gasteiger partial charge < -0.3 is 14.2 Å². The molecular weight excluding hydrogens is 344 g/mol. The lowest BCUT2D eigenvalue weighted by atomic mass is 9.98. The van der Waals surface area contributed by atoms with Gasteiger partial charge in [-0.25, -0.2) is 0 Å². The van der Waals surface area contributed by atoms with Gasteiger partial charge in [-0.05, 0) is 18.1 Å². The molecule has 0 aliphatic rings. The summed E-state index contributed by atoms with van der Waals surface area (Å²) in [5.74, 6) is 0.901. The van der Waals surface area contributed by atoms with Gasteiger partial charge in [0.15, 0.2) is 0 Å². The van der Waals surface area contributed by atoms with Crippen LogP contribution in [0.1, 0.15) is 17.9 Å². The van der Waals surface area contributed by atoms with Crippen LogP contribution in [0.2, 0.25) is 0 Å². The summed E-state index contributed by atoms with van der Waals surface area (Å²) >= 11 is 9.62. The summed E-state index contributed by atoms with van der Waals surface area (Å²) in [6.07, 6.45) is 0.907. The molecule has 1 aromatic carbocycles. The molecule has 0 aliphatic heterocycles. The predicted octanol–water partition coefficient (Wildman–Crippen LogP) is 3.84. The second-order valence-electron chi connectivity index (χ2n) is 4.38. The van der Waals surface area contributed by atoms with Crippen LogP contribution in [-0.2, 0) is 14.2 Å². The van der Waals surface area contributed by atoms with Crippen LogP contribution in [0.25, 0.3) is 0 Å². The van der Waals surface area contributed by atoms with Gasteiger partial charge >= 0.3 is 0 Å². The summed E-state index contributed by atoms with van der Waals surface area (Å²) in [6, 6.07) is 8.18. The van der Waals surface area contributed by atoms with Crippen molar-refractivity contribution < 1.29 is 14.2 Å². The molecule has 114 valence electrons. The third-order valence-electron chi connectivity index (χ3n) is 2.95. The maximum Gasteiger partial charge on any atom is 0.0701 e. The lowest BCUT2D eigenvalue weighted by Gasteiger charge is -2.16. The summed E-state index contributed by atoms with van der Waals surface area (Å²) in [5.41, 5.74) is 1.24. The zero-order valence-electron chi connectivity index (χ0n) is 11.8. The summed E-state index contributed by atoms with van der Waals surface area (Å²) in [5, 5.41) is 0. The minimum absolute atomic E-state index is 0.307. The van der Waals surface area contributed by atoms with Crippen LogP contribution in [0, 0.1) is 0 Å². The molecule has 0 amide bonds. The highest BCUT2D eigenvalue weighted by Crippen LogP contribution is 2.28. The molecule has 0 aliphatic carbocycles. The molecule has 0 saturated heterocycles. The number of alkyl halides is 1. The molecule has 0 spiro atoms. The smallest absolute Gasteiger partial charge is 0.0701 e. The van der Waals surface area contributed by atoms with Gasteiger partial charge in [0.05, 0.1) is 26.4 Å². The average molecular weight is 366 g/mol. The molecule has 0 radical (unpaired) electrons. The molecule has 0 N–H and O–H groups in total. The molecule has 1 rings (SSSR count). The van der Waals surface area contributed by atoms with Gasteiger partial charge in [-0.15, -0.1) is 11.6 Å². The molecule has 0 heterocycles. The number of hydrogen-bond acceptors (Lipinski definition) is 3. The number of methoxy groups -OCH3 is 1. The van der Waals surface area contributed by atoms with E-state index in [1.807, 2.05) is 18.2 Å². The van der Waals surface area contributed by atoms with Crippen molar-refractivity contribution in [3.63, 3.8) is 0 Å². The standard InChI is InChI=1S/C15H22BrClO3/c1-18-8-9-20-11-10-19-7-6-13(12-17)14-4-2-3-5-15(14)16/h2-5,13H,6-12H2,1H3. The Kier molecular flexibility index (Phi) is 10.3.